The van der Waals surface area contributed by atoms with Crippen molar-refractivity contribution in [3.8, 4) is 0 Å². The van der Waals surface area contributed by atoms with Gasteiger partial charge in [0, 0.05) is 38.6 Å². The molecule has 2 unspecified atom stereocenters. The van der Waals surface area contributed by atoms with E-state index < -0.39 is 0 Å². The van der Waals surface area contributed by atoms with Gasteiger partial charge in [0.15, 0.2) is 0 Å². The van der Waals surface area contributed by atoms with E-state index in [1.165, 1.54) is 28.1 Å². The number of hydrogen-bond acceptors (Lipinski definition) is 4. The highest BCUT2D eigenvalue weighted by molar-refractivity contribution is 8.17. The van der Waals surface area contributed by atoms with Crippen molar-refractivity contribution in [3.63, 3.8) is 0 Å². The van der Waals surface area contributed by atoms with E-state index in [0.717, 1.165) is 10.5 Å². The summed E-state index contributed by atoms with van der Waals surface area (Å²) in [5.41, 5.74) is 0. The summed E-state index contributed by atoms with van der Waals surface area (Å²) in [6.07, 6.45) is 0. The molecule has 0 saturated carbocycles. The predicted octanol–water partition coefficient (Wildman–Crippen LogP) is 2.64. The SMILES string of the molecule is C(SCC1CS1)SCC1CS1. The van der Waals surface area contributed by atoms with Gasteiger partial charge >= 0.3 is 0 Å². The van der Waals surface area contributed by atoms with Crippen LogP contribution in [0.25, 0.3) is 0 Å². The van der Waals surface area contributed by atoms with E-state index >= 15 is 0 Å². The third-order valence-corrected chi connectivity index (χ3v) is 6.55. The molecule has 0 aromatic heterocycles. The fourth-order valence-corrected chi connectivity index (χ4v) is 4.90. The van der Waals surface area contributed by atoms with Gasteiger partial charge in [0.25, 0.3) is 0 Å². The Balaban J connectivity index is 1.35. The predicted molar refractivity (Wildman–Crippen MR) is 62.3 cm³/mol. The average molecular weight is 224 g/mol. The van der Waals surface area contributed by atoms with Crippen molar-refractivity contribution in [2.24, 2.45) is 0 Å². The Morgan fingerprint density at radius 2 is 1.45 bits per heavy atom. The Kier molecular flexibility index (Phi) is 3.74. The molecule has 2 rings (SSSR count). The Morgan fingerprint density at radius 3 is 1.82 bits per heavy atom. The van der Waals surface area contributed by atoms with Crippen LogP contribution in [0.5, 0.6) is 0 Å². The Hall–Kier alpha value is 1.40. The third-order valence-electron chi connectivity index (χ3n) is 1.58. The summed E-state index contributed by atoms with van der Waals surface area (Å²) in [6, 6.07) is 0. The molecule has 0 nitrogen and oxygen atoms in total. The zero-order chi connectivity index (χ0) is 7.52. The summed E-state index contributed by atoms with van der Waals surface area (Å²) in [5, 5.41) is 3.38. The molecule has 64 valence electrons. The first kappa shape index (κ1) is 8.97. The average Bonchev–Trinajstić information content (AvgIpc) is 2.83. The lowest BCUT2D eigenvalue weighted by molar-refractivity contribution is 1.26. The highest BCUT2D eigenvalue weighted by Gasteiger charge is 2.23. The van der Waals surface area contributed by atoms with Crippen LogP contribution in [0.3, 0.4) is 0 Å². The summed E-state index contributed by atoms with van der Waals surface area (Å²) in [7, 11) is 0. The van der Waals surface area contributed by atoms with Crippen molar-refractivity contribution in [3.05, 3.63) is 0 Å². The van der Waals surface area contributed by atoms with Gasteiger partial charge in [0.2, 0.25) is 0 Å². The zero-order valence-electron chi connectivity index (χ0n) is 6.32. The van der Waals surface area contributed by atoms with Gasteiger partial charge in [-0.15, -0.1) is 23.5 Å². The van der Waals surface area contributed by atoms with Gasteiger partial charge < -0.3 is 0 Å². The lowest BCUT2D eigenvalue weighted by Crippen LogP contribution is -1.90. The lowest BCUT2D eigenvalue weighted by Gasteiger charge is -1.97. The molecule has 0 N–H and O–H groups in total. The molecule has 0 spiro atoms. The second kappa shape index (κ2) is 4.58. The number of hydrogen-bond donors (Lipinski definition) is 0. The van der Waals surface area contributed by atoms with Gasteiger partial charge in [0.05, 0.1) is 0 Å². The summed E-state index contributed by atoms with van der Waals surface area (Å²) >= 11 is 8.47. The lowest BCUT2D eigenvalue weighted by atomic mass is 10.6. The smallest absolute Gasteiger partial charge is 0.0392 e. The topological polar surface area (TPSA) is 0 Å². The van der Waals surface area contributed by atoms with Crippen LogP contribution in [0.1, 0.15) is 0 Å². The molecule has 11 heavy (non-hydrogen) atoms. The molecular formula is C7H12S4. The summed E-state index contributed by atoms with van der Waals surface area (Å²) in [5.74, 6) is 5.65. The van der Waals surface area contributed by atoms with Gasteiger partial charge in [-0.25, -0.2) is 0 Å². The van der Waals surface area contributed by atoms with Crippen LogP contribution in [0.2, 0.25) is 0 Å². The summed E-state index contributed by atoms with van der Waals surface area (Å²) in [6.45, 7) is 0. The molecule has 2 fully saturated rings. The molecule has 0 aromatic rings. The van der Waals surface area contributed by atoms with E-state index in [2.05, 4.69) is 47.0 Å². The van der Waals surface area contributed by atoms with Crippen molar-refractivity contribution >= 4 is 47.0 Å². The van der Waals surface area contributed by atoms with Crippen LogP contribution >= 0.6 is 47.0 Å². The van der Waals surface area contributed by atoms with Gasteiger partial charge in [-0.3, -0.25) is 0 Å². The number of thioether (sulfide) groups is 4. The van der Waals surface area contributed by atoms with Crippen LogP contribution in [-0.2, 0) is 0 Å². The molecule has 0 aromatic carbocycles. The fourth-order valence-electron chi connectivity index (χ4n) is 0.747. The maximum atomic E-state index is 2.13. The second-order valence-electron chi connectivity index (χ2n) is 2.77. The highest BCUT2D eigenvalue weighted by Crippen LogP contribution is 2.36. The van der Waals surface area contributed by atoms with E-state index in [1.54, 1.807) is 0 Å². The van der Waals surface area contributed by atoms with Crippen LogP contribution in [0.4, 0.5) is 0 Å². The van der Waals surface area contributed by atoms with Crippen molar-refractivity contribution in [2.45, 2.75) is 10.5 Å². The largest absolute Gasteiger partial charge is 0.156 e. The van der Waals surface area contributed by atoms with Crippen molar-refractivity contribution in [2.75, 3.05) is 28.1 Å². The van der Waals surface area contributed by atoms with Crippen molar-refractivity contribution in [1.82, 2.24) is 0 Å². The molecule has 0 radical (unpaired) electrons. The molecule has 2 heterocycles. The molecule has 0 amide bonds. The Labute approximate surface area is 85.4 Å². The Morgan fingerprint density at radius 1 is 1.00 bits per heavy atom. The third kappa shape index (κ3) is 4.25. The maximum absolute atomic E-state index is 2.13. The molecule has 2 aliphatic rings. The summed E-state index contributed by atoms with van der Waals surface area (Å²) < 4.78 is 0. The normalized spacial score (nSPS) is 33.8. The van der Waals surface area contributed by atoms with Crippen molar-refractivity contribution in [1.29, 1.82) is 0 Å². The number of rotatable bonds is 6. The van der Waals surface area contributed by atoms with E-state index in [1.807, 2.05) is 0 Å². The van der Waals surface area contributed by atoms with E-state index in [0.29, 0.717) is 0 Å². The second-order valence-corrected chi connectivity index (χ2v) is 7.86. The van der Waals surface area contributed by atoms with E-state index in [9.17, 15) is 0 Å². The first-order chi connectivity index (χ1) is 5.45. The highest BCUT2D eigenvalue weighted by atomic mass is 32.2. The van der Waals surface area contributed by atoms with E-state index in [4.69, 9.17) is 0 Å². The molecule has 2 atom stereocenters. The van der Waals surface area contributed by atoms with Crippen LogP contribution in [0.15, 0.2) is 0 Å². The van der Waals surface area contributed by atoms with Gasteiger partial charge in [0.1, 0.15) is 0 Å². The first-order valence-electron chi connectivity index (χ1n) is 3.84. The first-order valence-corrected chi connectivity index (χ1v) is 8.24. The van der Waals surface area contributed by atoms with Gasteiger partial charge in [-0.2, -0.15) is 23.5 Å². The standard InChI is InChI=1S/C7H12S4/c1(6-3-10-6)8-5-9-2-7-4-11-7/h6-7H,1-5H2. The molecule has 0 aliphatic carbocycles. The molecule has 4 heteroatoms. The van der Waals surface area contributed by atoms with Gasteiger partial charge in [-0.05, 0) is 0 Å². The van der Waals surface area contributed by atoms with Crippen LogP contribution in [-0.4, -0.2) is 38.6 Å². The molecule has 0 bridgehead atoms. The molecular weight excluding hydrogens is 212 g/mol. The minimum Gasteiger partial charge on any atom is -0.156 e. The van der Waals surface area contributed by atoms with Crippen molar-refractivity contribution < 1.29 is 0 Å². The monoisotopic (exact) mass is 224 g/mol. The fraction of sp³-hybridized carbons (Fsp3) is 1.00. The molecule has 2 aliphatic heterocycles. The maximum Gasteiger partial charge on any atom is 0.0392 e. The van der Waals surface area contributed by atoms with Gasteiger partial charge in [-0.1, -0.05) is 0 Å². The van der Waals surface area contributed by atoms with Crippen LogP contribution in [0, 0.1) is 0 Å². The van der Waals surface area contributed by atoms with E-state index in [-0.39, 0.29) is 0 Å². The Bertz CT molecular complexity index is 106. The minimum absolute atomic E-state index is 1.02. The zero-order valence-corrected chi connectivity index (χ0v) is 9.59. The molecule has 2 saturated heterocycles. The minimum atomic E-state index is 1.02. The van der Waals surface area contributed by atoms with Crippen LogP contribution < -0.4 is 0 Å². The summed E-state index contributed by atoms with van der Waals surface area (Å²) in [4.78, 5) is 0. The quantitative estimate of drug-likeness (QED) is 0.386.